The Kier molecular flexibility index (Phi) is 6.62. The van der Waals surface area contributed by atoms with Crippen LogP contribution in [0, 0.1) is 23.4 Å². The van der Waals surface area contributed by atoms with Crippen molar-refractivity contribution in [2.75, 3.05) is 0 Å². The second-order valence-electron chi connectivity index (χ2n) is 7.22. The lowest BCUT2D eigenvalue weighted by Gasteiger charge is -2.03. The van der Waals surface area contributed by atoms with Gasteiger partial charge in [0, 0.05) is 12.8 Å². The van der Waals surface area contributed by atoms with E-state index >= 15 is 0 Å². The van der Waals surface area contributed by atoms with Gasteiger partial charge in [-0.15, -0.1) is 0 Å². The van der Waals surface area contributed by atoms with E-state index < -0.39 is 0 Å². The topological polar surface area (TPSA) is 91.9 Å². The number of nitrogens with zero attached hydrogens (tertiary/aromatic N) is 6. The Morgan fingerprint density at radius 1 is 0.750 bits per heavy atom. The third-order valence-electron chi connectivity index (χ3n) is 5.01. The number of hydrogen-bond acceptors (Lipinski definition) is 6. The largest absolute Gasteiger partial charge is 0.250 e. The summed E-state index contributed by atoms with van der Waals surface area (Å²) in [6.07, 6.45) is 4.68. The van der Waals surface area contributed by atoms with Gasteiger partial charge >= 0.3 is 0 Å². The van der Waals surface area contributed by atoms with Gasteiger partial charge in [-0.05, 0) is 60.5 Å². The Labute approximate surface area is 195 Å². The Morgan fingerprint density at radius 2 is 1.16 bits per heavy atom. The summed E-state index contributed by atoms with van der Waals surface area (Å²) in [5.74, 6) is 1.39. The monoisotopic (exact) mass is 462 g/mol. The minimum atomic E-state index is 0.432. The van der Waals surface area contributed by atoms with E-state index in [0.29, 0.717) is 34.0 Å². The number of aromatic nitrogens is 6. The number of hydrogen-bond donors (Lipinski definition) is 2. The molecule has 0 saturated carbocycles. The standard InChI is InChI=1S/C22H22N8S2/c1-15-7-3-5-9-17(15)13-23-29-19(25-27-21(29)31)11-12-20-26-28-22(32)30(20)24-14-18-10-6-4-8-16(18)2/h3-10,13-14H,11-12H2,1-2H3,(H,27,31)(H,28,32)/b23-13+,24-14+. The van der Waals surface area contributed by atoms with E-state index in [1.54, 1.807) is 21.8 Å². The molecule has 0 aliphatic heterocycles. The van der Waals surface area contributed by atoms with Gasteiger partial charge in [0.2, 0.25) is 9.54 Å². The molecule has 0 saturated heterocycles. The molecule has 2 aromatic carbocycles. The number of nitrogens with one attached hydrogen (secondary N) is 2. The van der Waals surface area contributed by atoms with Crippen molar-refractivity contribution in [3.63, 3.8) is 0 Å². The summed E-state index contributed by atoms with van der Waals surface area (Å²) in [6, 6.07) is 16.0. The predicted molar refractivity (Wildman–Crippen MR) is 131 cm³/mol. The number of H-pyrrole nitrogens is 2. The molecule has 0 bridgehead atoms. The smallest absolute Gasteiger partial charge is 0.216 e. The summed E-state index contributed by atoms with van der Waals surface area (Å²) in [7, 11) is 0. The molecule has 162 valence electrons. The molecule has 2 aromatic heterocycles. The fourth-order valence-electron chi connectivity index (χ4n) is 3.14. The van der Waals surface area contributed by atoms with Crippen LogP contribution in [-0.4, -0.2) is 42.2 Å². The molecule has 2 N–H and O–H groups in total. The minimum Gasteiger partial charge on any atom is -0.250 e. The van der Waals surface area contributed by atoms with Crippen LogP contribution < -0.4 is 0 Å². The first kappa shape index (κ1) is 21.7. The molecule has 10 heteroatoms. The lowest BCUT2D eigenvalue weighted by molar-refractivity contribution is 0.699. The summed E-state index contributed by atoms with van der Waals surface area (Å²) in [5, 5.41) is 23.3. The highest BCUT2D eigenvalue weighted by Crippen LogP contribution is 2.09. The van der Waals surface area contributed by atoms with Crippen molar-refractivity contribution in [2.45, 2.75) is 26.7 Å². The second kappa shape index (κ2) is 9.75. The molecule has 0 fully saturated rings. The van der Waals surface area contributed by atoms with Crippen molar-refractivity contribution in [2.24, 2.45) is 10.2 Å². The molecule has 8 nitrogen and oxygen atoms in total. The Hall–Kier alpha value is -3.50. The van der Waals surface area contributed by atoms with Crippen LogP contribution >= 0.6 is 24.4 Å². The molecule has 0 unspecified atom stereocenters. The van der Waals surface area contributed by atoms with E-state index in [2.05, 4.69) is 30.6 Å². The molecule has 0 amide bonds. The normalized spacial score (nSPS) is 11.7. The van der Waals surface area contributed by atoms with E-state index in [1.165, 1.54) is 0 Å². The molecule has 0 atom stereocenters. The minimum absolute atomic E-state index is 0.432. The van der Waals surface area contributed by atoms with Crippen LogP contribution in [0.25, 0.3) is 0 Å². The highest BCUT2D eigenvalue weighted by Gasteiger charge is 2.10. The van der Waals surface area contributed by atoms with Crippen molar-refractivity contribution in [3.05, 3.63) is 92.0 Å². The summed E-state index contributed by atoms with van der Waals surface area (Å²) < 4.78 is 4.12. The van der Waals surface area contributed by atoms with Crippen molar-refractivity contribution < 1.29 is 0 Å². The molecule has 4 aromatic rings. The van der Waals surface area contributed by atoms with Gasteiger partial charge in [0.05, 0.1) is 12.4 Å². The zero-order valence-corrected chi connectivity index (χ0v) is 19.3. The average Bonchev–Trinajstić information content (AvgIpc) is 3.32. The summed E-state index contributed by atoms with van der Waals surface area (Å²) in [4.78, 5) is 0. The fraction of sp³-hybridized carbons (Fsp3) is 0.182. The van der Waals surface area contributed by atoms with Crippen molar-refractivity contribution in [1.29, 1.82) is 0 Å². The number of rotatable bonds is 7. The van der Waals surface area contributed by atoms with Gasteiger partial charge in [-0.3, -0.25) is 10.2 Å². The van der Waals surface area contributed by atoms with E-state index in [-0.39, 0.29) is 0 Å². The molecular formula is C22H22N8S2. The highest BCUT2D eigenvalue weighted by atomic mass is 32.1. The predicted octanol–water partition coefficient (Wildman–Crippen LogP) is 4.36. The summed E-state index contributed by atoms with van der Waals surface area (Å²) in [5.41, 5.74) is 4.31. The average molecular weight is 463 g/mol. The Balaban J connectivity index is 1.53. The summed E-state index contributed by atoms with van der Waals surface area (Å²) >= 11 is 10.7. The van der Waals surface area contributed by atoms with Crippen LogP contribution in [0.4, 0.5) is 0 Å². The molecule has 0 spiro atoms. The van der Waals surface area contributed by atoms with Crippen molar-refractivity contribution >= 4 is 36.9 Å². The van der Waals surface area contributed by atoms with Crippen LogP contribution in [0.3, 0.4) is 0 Å². The maximum Gasteiger partial charge on any atom is 0.216 e. The van der Waals surface area contributed by atoms with Gasteiger partial charge in [-0.1, -0.05) is 48.5 Å². The molecule has 0 aliphatic rings. The van der Waals surface area contributed by atoms with Crippen LogP contribution in [-0.2, 0) is 12.8 Å². The lowest BCUT2D eigenvalue weighted by atomic mass is 10.1. The van der Waals surface area contributed by atoms with Gasteiger partial charge in [-0.25, -0.2) is 0 Å². The Morgan fingerprint density at radius 3 is 1.56 bits per heavy atom. The zero-order valence-electron chi connectivity index (χ0n) is 17.7. The first-order valence-corrected chi connectivity index (χ1v) is 10.9. The van der Waals surface area contributed by atoms with E-state index in [4.69, 9.17) is 24.4 Å². The van der Waals surface area contributed by atoms with E-state index in [9.17, 15) is 0 Å². The van der Waals surface area contributed by atoms with Crippen molar-refractivity contribution in [3.8, 4) is 0 Å². The van der Waals surface area contributed by atoms with E-state index in [1.807, 2.05) is 62.4 Å². The third-order valence-corrected chi connectivity index (χ3v) is 5.54. The number of aryl methyl sites for hydroxylation is 4. The van der Waals surface area contributed by atoms with Gasteiger partial charge < -0.3 is 0 Å². The number of benzene rings is 2. The first-order chi connectivity index (χ1) is 15.5. The van der Waals surface area contributed by atoms with Gasteiger partial charge in [-0.2, -0.15) is 29.8 Å². The second-order valence-corrected chi connectivity index (χ2v) is 7.99. The van der Waals surface area contributed by atoms with Crippen LogP contribution in [0.15, 0.2) is 58.7 Å². The summed E-state index contributed by atoms with van der Waals surface area (Å²) in [6.45, 7) is 4.08. The third kappa shape index (κ3) is 4.87. The fourth-order valence-corrected chi connectivity index (χ4v) is 3.53. The molecular weight excluding hydrogens is 440 g/mol. The zero-order chi connectivity index (χ0) is 22.5. The van der Waals surface area contributed by atoms with Gasteiger partial charge in [0.15, 0.2) is 11.6 Å². The maximum atomic E-state index is 5.35. The molecule has 0 aliphatic carbocycles. The molecule has 0 radical (unpaired) electrons. The van der Waals surface area contributed by atoms with E-state index in [0.717, 1.165) is 22.3 Å². The first-order valence-electron chi connectivity index (χ1n) is 10.1. The van der Waals surface area contributed by atoms with Crippen LogP contribution in [0.2, 0.25) is 0 Å². The molecule has 32 heavy (non-hydrogen) atoms. The van der Waals surface area contributed by atoms with Crippen molar-refractivity contribution in [1.82, 2.24) is 29.7 Å². The lowest BCUT2D eigenvalue weighted by Crippen LogP contribution is -2.06. The quantitative estimate of drug-likeness (QED) is 0.315. The van der Waals surface area contributed by atoms with Crippen LogP contribution in [0.1, 0.15) is 33.9 Å². The SMILES string of the molecule is Cc1ccccc1/C=N/n1c(CCc2n[nH]c(=S)n2/N=C/c2ccccc2C)n[nH]c1=S. The maximum absolute atomic E-state index is 5.35. The van der Waals surface area contributed by atoms with Gasteiger partial charge in [0.1, 0.15) is 0 Å². The highest BCUT2D eigenvalue weighted by molar-refractivity contribution is 7.71. The molecule has 4 rings (SSSR count). The Bertz CT molecular complexity index is 1300. The van der Waals surface area contributed by atoms with Crippen LogP contribution in [0.5, 0.6) is 0 Å². The number of aromatic amines is 2. The van der Waals surface area contributed by atoms with Gasteiger partial charge in [0.25, 0.3) is 0 Å². The molecule has 2 heterocycles.